The topological polar surface area (TPSA) is 46.8 Å². The van der Waals surface area contributed by atoms with Gasteiger partial charge in [0.25, 0.3) is 0 Å². The Labute approximate surface area is 131 Å². The van der Waals surface area contributed by atoms with Gasteiger partial charge in [0.15, 0.2) is 0 Å². The average molecular weight is 329 g/mol. The van der Waals surface area contributed by atoms with Crippen LogP contribution in [0.15, 0.2) is 24.4 Å². The molecule has 0 unspecified atom stereocenters. The summed E-state index contributed by atoms with van der Waals surface area (Å²) >= 11 is 0. The number of ether oxygens (including phenoxy) is 1. The first-order chi connectivity index (χ1) is 10.5. The minimum absolute atomic E-state index is 0.137. The molecule has 0 bridgehead atoms. The molecule has 2 aromatic heterocycles. The van der Waals surface area contributed by atoms with Gasteiger partial charge in [0.05, 0.1) is 23.3 Å². The highest BCUT2D eigenvalue weighted by Gasteiger charge is 2.30. The van der Waals surface area contributed by atoms with Gasteiger partial charge >= 0.3 is 12.3 Å². The molecular formula is C15H18F3N3O2. The molecule has 0 saturated heterocycles. The van der Waals surface area contributed by atoms with Crippen LogP contribution in [0.25, 0.3) is 5.52 Å². The third-order valence-corrected chi connectivity index (χ3v) is 2.95. The van der Waals surface area contributed by atoms with Crippen molar-refractivity contribution in [3.63, 3.8) is 0 Å². The number of amides is 1. The Bertz CT molecular complexity index is 717. The summed E-state index contributed by atoms with van der Waals surface area (Å²) in [5, 5.41) is 4.15. The minimum Gasteiger partial charge on any atom is -0.444 e. The van der Waals surface area contributed by atoms with Crippen LogP contribution in [0, 0.1) is 0 Å². The maximum Gasteiger partial charge on any atom is 0.416 e. The van der Waals surface area contributed by atoms with Crippen LogP contribution in [-0.4, -0.2) is 33.3 Å². The zero-order chi connectivity index (χ0) is 17.4. The van der Waals surface area contributed by atoms with Crippen LogP contribution >= 0.6 is 0 Å². The van der Waals surface area contributed by atoms with E-state index in [9.17, 15) is 18.0 Å². The van der Waals surface area contributed by atoms with Crippen molar-refractivity contribution in [3.8, 4) is 0 Å². The molecule has 5 nitrogen and oxygen atoms in total. The maximum atomic E-state index is 12.7. The van der Waals surface area contributed by atoms with Gasteiger partial charge in [-0.25, -0.2) is 9.31 Å². The van der Waals surface area contributed by atoms with E-state index in [2.05, 4.69) is 5.10 Å². The maximum absolute atomic E-state index is 12.7. The molecule has 2 rings (SSSR count). The summed E-state index contributed by atoms with van der Waals surface area (Å²) in [5.74, 6) is 0. The van der Waals surface area contributed by atoms with E-state index in [1.165, 1.54) is 21.7 Å². The van der Waals surface area contributed by atoms with Crippen LogP contribution < -0.4 is 0 Å². The highest BCUT2D eigenvalue weighted by Crippen LogP contribution is 2.29. The van der Waals surface area contributed by atoms with Crippen molar-refractivity contribution in [3.05, 3.63) is 35.7 Å². The van der Waals surface area contributed by atoms with Gasteiger partial charge in [-0.2, -0.15) is 18.3 Å². The van der Waals surface area contributed by atoms with Crippen molar-refractivity contribution in [2.75, 3.05) is 7.05 Å². The van der Waals surface area contributed by atoms with Crippen LogP contribution in [0.2, 0.25) is 0 Å². The predicted octanol–water partition coefficient (Wildman–Crippen LogP) is 3.72. The molecule has 0 fully saturated rings. The minimum atomic E-state index is -4.40. The summed E-state index contributed by atoms with van der Waals surface area (Å²) in [7, 11) is 1.54. The predicted molar refractivity (Wildman–Crippen MR) is 77.9 cm³/mol. The standard InChI is InChI=1S/C15H18F3N3O2/c1-14(2,3)23-13(22)20(4)9-11-8-12-7-10(15(16,17)18)5-6-21(12)19-11/h5-8H,9H2,1-4H3. The van der Waals surface area contributed by atoms with Crippen molar-refractivity contribution in [1.29, 1.82) is 0 Å². The lowest BCUT2D eigenvalue weighted by molar-refractivity contribution is -0.137. The number of rotatable bonds is 2. The first-order valence-electron chi connectivity index (χ1n) is 6.95. The van der Waals surface area contributed by atoms with E-state index in [1.54, 1.807) is 27.8 Å². The Hall–Kier alpha value is -2.25. The summed E-state index contributed by atoms with van der Waals surface area (Å²) in [6.07, 6.45) is -3.68. The van der Waals surface area contributed by atoms with Gasteiger partial charge in [-0.05, 0) is 39.0 Å². The van der Waals surface area contributed by atoms with E-state index >= 15 is 0 Å². The third-order valence-electron chi connectivity index (χ3n) is 2.95. The molecular weight excluding hydrogens is 311 g/mol. The normalized spacial score (nSPS) is 12.5. The first kappa shape index (κ1) is 17.1. The van der Waals surface area contributed by atoms with Crippen LogP contribution in [-0.2, 0) is 17.5 Å². The van der Waals surface area contributed by atoms with Crippen LogP contribution in [0.1, 0.15) is 32.0 Å². The van der Waals surface area contributed by atoms with E-state index in [0.29, 0.717) is 11.2 Å². The number of carbonyl (C=O) groups excluding carboxylic acids is 1. The Morgan fingerprint density at radius 3 is 2.52 bits per heavy atom. The molecule has 2 aromatic rings. The SMILES string of the molecule is CN(Cc1cc2cc(C(F)(F)F)ccn2n1)C(=O)OC(C)(C)C. The van der Waals surface area contributed by atoms with E-state index in [0.717, 1.165) is 12.1 Å². The molecule has 2 heterocycles. The number of nitrogens with zero attached hydrogens (tertiary/aromatic N) is 3. The third kappa shape index (κ3) is 4.37. The molecule has 8 heteroatoms. The van der Waals surface area contributed by atoms with Gasteiger partial charge in [-0.1, -0.05) is 0 Å². The van der Waals surface area contributed by atoms with E-state index in [-0.39, 0.29) is 6.54 Å². The largest absolute Gasteiger partial charge is 0.444 e. The molecule has 1 amide bonds. The summed E-state index contributed by atoms with van der Waals surface area (Å²) in [6, 6.07) is 3.49. The van der Waals surface area contributed by atoms with Crippen LogP contribution in [0.3, 0.4) is 0 Å². The average Bonchev–Trinajstić information content (AvgIpc) is 2.76. The van der Waals surface area contributed by atoms with Gasteiger partial charge in [0, 0.05) is 13.2 Å². The lowest BCUT2D eigenvalue weighted by Crippen LogP contribution is -2.33. The number of pyridine rings is 1. The lowest BCUT2D eigenvalue weighted by Gasteiger charge is -2.24. The Kier molecular flexibility index (Phi) is 4.28. The smallest absolute Gasteiger partial charge is 0.416 e. The highest BCUT2D eigenvalue weighted by atomic mass is 19.4. The van der Waals surface area contributed by atoms with E-state index in [1.807, 2.05) is 0 Å². The number of halogens is 3. The first-order valence-corrected chi connectivity index (χ1v) is 6.95. The zero-order valence-corrected chi connectivity index (χ0v) is 13.3. The molecule has 0 atom stereocenters. The van der Waals surface area contributed by atoms with Crippen molar-refractivity contribution in [1.82, 2.24) is 14.5 Å². The molecule has 0 saturated carbocycles. The molecule has 0 radical (unpaired) electrons. The molecule has 0 aliphatic heterocycles. The van der Waals surface area contributed by atoms with Crippen molar-refractivity contribution < 1.29 is 22.7 Å². The quantitative estimate of drug-likeness (QED) is 0.843. The summed E-state index contributed by atoms with van der Waals surface area (Å²) in [4.78, 5) is 13.2. The monoisotopic (exact) mass is 329 g/mol. The molecule has 0 spiro atoms. The number of carbonyl (C=O) groups is 1. The van der Waals surface area contributed by atoms with Crippen molar-refractivity contribution in [2.45, 2.75) is 39.1 Å². The number of alkyl halides is 3. The molecule has 0 aliphatic carbocycles. The summed E-state index contributed by atoms with van der Waals surface area (Å²) < 4.78 is 44.6. The Morgan fingerprint density at radius 2 is 1.96 bits per heavy atom. The highest BCUT2D eigenvalue weighted by molar-refractivity contribution is 5.67. The van der Waals surface area contributed by atoms with Gasteiger partial charge in [-0.3, -0.25) is 0 Å². The zero-order valence-electron chi connectivity index (χ0n) is 13.3. The Morgan fingerprint density at radius 1 is 1.30 bits per heavy atom. The molecule has 0 aliphatic rings. The second-order valence-corrected chi connectivity index (χ2v) is 6.25. The van der Waals surface area contributed by atoms with Gasteiger partial charge in [-0.15, -0.1) is 0 Å². The van der Waals surface area contributed by atoms with Crippen molar-refractivity contribution >= 4 is 11.6 Å². The molecule has 126 valence electrons. The van der Waals surface area contributed by atoms with Gasteiger partial charge in [0.2, 0.25) is 0 Å². The summed E-state index contributed by atoms with van der Waals surface area (Å²) in [5.41, 5.74) is -0.576. The number of fused-ring (bicyclic) bond motifs is 1. The molecule has 23 heavy (non-hydrogen) atoms. The number of hydrogen-bond acceptors (Lipinski definition) is 3. The lowest BCUT2D eigenvalue weighted by atomic mass is 10.2. The molecule has 0 aromatic carbocycles. The fourth-order valence-electron chi connectivity index (χ4n) is 1.95. The van der Waals surface area contributed by atoms with Gasteiger partial charge < -0.3 is 9.64 Å². The van der Waals surface area contributed by atoms with E-state index in [4.69, 9.17) is 4.74 Å². The van der Waals surface area contributed by atoms with Crippen LogP contribution in [0.4, 0.5) is 18.0 Å². The second-order valence-electron chi connectivity index (χ2n) is 6.25. The summed E-state index contributed by atoms with van der Waals surface area (Å²) in [6.45, 7) is 5.39. The Balaban J connectivity index is 2.16. The molecule has 0 N–H and O–H groups in total. The van der Waals surface area contributed by atoms with E-state index < -0.39 is 23.4 Å². The number of aromatic nitrogens is 2. The fourth-order valence-corrected chi connectivity index (χ4v) is 1.95. The van der Waals surface area contributed by atoms with Crippen molar-refractivity contribution in [2.24, 2.45) is 0 Å². The number of hydrogen-bond donors (Lipinski definition) is 0. The van der Waals surface area contributed by atoms with Gasteiger partial charge in [0.1, 0.15) is 5.60 Å². The fraction of sp³-hybridized carbons (Fsp3) is 0.467. The van der Waals surface area contributed by atoms with Crippen LogP contribution in [0.5, 0.6) is 0 Å². The second kappa shape index (κ2) is 5.75.